The second-order valence-electron chi connectivity index (χ2n) is 3.03. The van der Waals surface area contributed by atoms with Crippen LogP contribution in [0.1, 0.15) is 12.8 Å². The van der Waals surface area contributed by atoms with Crippen molar-refractivity contribution in [2.45, 2.75) is 19.0 Å². The first-order chi connectivity index (χ1) is 2.82. The average molecular weight is 84.1 g/mol. The summed E-state index contributed by atoms with van der Waals surface area (Å²) in [6.45, 7) is 0. The first-order valence-electron chi connectivity index (χ1n) is 2.46. The fourth-order valence-electron chi connectivity index (χ4n) is 1.76. The average Bonchev–Trinajstić information content (AvgIpc) is 2.12. The molecule has 3 rings (SSSR count). The zero-order valence-electron chi connectivity index (χ0n) is 3.37. The lowest BCUT2D eigenvalue weighted by atomic mass is 9.99. The Labute approximate surface area is 35.3 Å². The van der Waals surface area contributed by atoms with Gasteiger partial charge in [-0.15, -0.1) is 0 Å². The lowest BCUT2D eigenvalue weighted by Crippen LogP contribution is -2.11. The van der Waals surface area contributed by atoms with Gasteiger partial charge in [0.05, 0.1) is 0 Å². The maximum atomic E-state index is 12.0. The van der Waals surface area contributed by atoms with Gasteiger partial charge in [0.2, 0.25) is 0 Å². The van der Waals surface area contributed by atoms with Gasteiger partial charge in [0.25, 0.3) is 0 Å². The van der Waals surface area contributed by atoms with Gasteiger partial charge in [-0.2, -0.15) is 0 Å². The Kier molecular flexibility index (Phi) is 0.101. The number of alkyl halides is 1. The summed E-state index contributed by atoms with van der Waals surface area (Å²) in [4.78, 5) is 0. The molecule has 0 unspecified atom stereocenters. The number of halogens is 1. The van der Waals surface area contributed by atoms with Gasteiger partial charge >= 0.3 is 0 Å². The predicted molar refractivity (Wildman–Crippen MR) is 19.0 cm³/mol. The third-order valence-corrected chi connectivity index (χ3v) is 2.89. The zero-order valence-corrected chi connectivity index (χ0v) is 3.37. The molecule has 3 saturated carbocycles. The van der Waals surface area contributed by atoms with Crippen molar-refractivity contribution in [3.05, 3.63) is 0 Å². The topological polar surface area (TPSA) is 0 Å². The van der Waals surface area contributed by atoms with Crippen LogP contribution in [0, 0.1) is 10.8 Å². The van der Waals surface area contributed by atoms with Gasteiger partial charge in [-0.3, -0.25) is 0 Å². The van der Waals surface area contributed by atoms with Crippen LogP contribution in [-0.4, -0.2) is 6.17 Å². The highest BCUT2D eigenvalue weighted by molar-refractivity contribution is 5.53. The number of rotatable bonds is 0. The second kappa shape index (κ2) is 0.266. The molecule has 0 atom stereocenters. The minimum absolute atomic E-state index is 0.329. The highest BCUT2D eigenvalue weighted by atomic mass is 19.1. The van der Waals surface area contributed by atoms with Crippen LogP contribution in [-0.2, 0) is 0 Å². The van der Waals surface area contributed by atoms with Gasteiger partial charge in [-0.05, 0) is 12.8 Å². The Morgan fingerprint density at radius 2 is 1.67 bits per heavy atom. The predicted octanol–water partition coefficient (Wildman–Crippen LogP) is 1.12. The summed E-state index contributed by atoms with van der Waals surface area (Å²) in [5, 5.41) is 0. The molecule has 0 heterocycles. The molecular formula is C5H5F. The van der Waals surface area contributed by atoms with E-state index in [1.54, 1.807) is 0 Å². The summed E-state index contributed by atoms with van der Waals surface area (Å²) in [5.74, 6) is 0. The van der Waals surface area contributed by atoms with Crippen LogP contribution in [0.3, 0.4) is 0 Å². The Balaban J connectivity index is 2.27. The van der Waals surface area contributed by atoms with Gasteiger partial charge < -0.3 is 0 Å². The minimum atomic E-state index is -0.329. The molecule has 0 aliphatic heterocycles. The highest BCUT2D eigenvalue weighted by Crippen LogP contribution is 3.06. The summed E-state index contributed by atoms with van der Waals surface area (Å²) in [7, 11) is 0. The van der Waals surface area contributed by atoms with Crippen LogP contribution in [0.25, 0.3) is 0 Å². The number of hydrogen-bond donors (Lipinski definition) is 0. The maximum Gasteiger partial charge on any atom is 0.113 e. The maximum absolute atomic E-state index is 12.0. The molecule has 0 bridgehead atoms. The molecule has 3 aliphatic carbocycles. The normalized spacial score (nSPS) is 90.5. The Morgan fingerprint density at radius 1 is 1.33 bits per heavy atom. The Morgan fingerprint density at radius 3 is 1.67 bits per heavy atom. The molecule has 0 spiro atoms. The van der Waals surface area contributed by atoms with E-state index in [1.807, 2.05) is 0 Å². The molecule has 0 nitrogen and oxygen atoms in total. The lowest BCUT2D eigenvalue weighted by molar-refractivity contribution is 0.225. The van der Waals surface area contributed by atoms with Crippen LogP contribution in [0.4, 0.5) is 4.39 Å². The Hall–Kier alpha value is -0.0700. The Bertz CT molecular complexity index is 119. The molecule has 0 aromatic rings. The van der Waals surface area contributed by atoms with Gasteiger partial charge in [-0.1, -0.05) is 0 Å². The summed E-state index contributed by atoms with van der Waals surface area (Å²) in [5.41, 5.74) is 0.708. The molecule has 6 heavy (non-hydrogen) atoms. The summed E-state index contributed by atoms with van der Waals surface area (Å²) >= 11 is 0. The van der Waals surface area contributed by atoms with E-state index in [4.69, 9.17) is 0 Å². The lowest BCUT2D eigenvalue weighted by Gasteiger charge is -2.11. The quantitative estimate of drug-likeness (QED) is 0.412. The van der Waals surface area contributed by atoms with Crippen molar-refractivity contribution in [2.75, 3.05) is 0 Å². The van der Waals surface area contributed by atoms with Gasteiger partial charge in [0.1, 0.15) is 6.17 Å². The molecule has 3 fully saturated rings. The van der Waals surface area contributed by atoms with Crippen LogP contribution in [0.15, 0.2) is 0 Å². The molecule has 0 N–H and O–H groups in total. The molecule has 0 saturated heterocycles. The fourth-order valence-corrected chi connectivity index (χ4v) is 1.76. The van der Waals surface area contributed by atoms with E-state index in [2.05, 4.69) is 0 Å². The van der Waals surface area contributed by atoms with Crippen molar-refractivity contribution < 1.29 is 4.39 Å². The minimum Gasteiger partial charge on any atom is -0.246 e. The van der Waals surface area contributed by atoms with Gasteiger partial charge in [0, 0.05) is 10.8 Å². The molecule has 1 heteroatoms. The first kappa shape index (κ1) is 2.29. The summed E-state index contributed by atoms with van der Waals surface area (Å²) < 4.78 is 12.0. The van der Waals surface area contributed by atoms with E-state index in [0.29, 0.717) is 10.8 Å². The van der Waals surface area contributed by atoms with E-state index >= 15 is 0 Å². The zero-order chi connectivity index (χ0) is 3.99. The molecule has 3 aliphatic rings. The van der Waals surface area contributed by atoms with Crippen LogP contribution in [0.5, 0.6) is 0 Å². The van der Waals surface area contributed by atoms with Crippen LogP contribution < -0.4 is 0 Å². The number of hydrogen-bond acceptors (Lipinski definition) is 0. The van der Waals surface area contributed by atoms with Crippen LogP contribution >= 0.6 is 0 Å². The highest BCUT2D eigenvalue weighted by Gasteiger charge is 3.06. The third kappa shape index (κ3) is 0.0465. The van der Waals surface area contributed by atoms with E-state index in [9.17, 15) is 4.39 Å². The van der Waals surface area contributed by atoms with Crippen molar-refractivity contribution in [3.63, 3.8) is 0 Å². The van der Waals surface area contributed by atoms with Crippen molar-refractivity contribution in [2.24, 2.45) is 10.8 Å². The van der Waals surface area contributed by atoms with Gasteiger partial charge in [-0.25, -0.2) is 4.39 Å². The molecule has 32 valence electrons. The van der Waals surface area contributed by atoms with E-state index in [-0.39, 0.29) is 6.17 Å². The summed E-state index contributed by atoms with van der Waals surface area (Å²) in [6.07, 6.45) is 2.15. The molecule has 0 radical (unpaired) electrons. The SMILES string of the molecule is FC1C23CC12C3. The third-order valence-electron chi connectivity index (χ3n) is 2.89. The smallest absolute Gasteiger partial charge is 0.113 e. The van der Waals surface area contributed by atoms with Gasteiger partial charge in [0.15, 0.2) is 0 Å². The standard InChI is InChI=1S/C5H5F/c6-3-4-1-5(3,4)2-4/h3H,1-2H2. The fraction of sp³-hybridized carbons (Fsp3) is 1.00. The van der Waals surface area contributed by atoms with Crippen LogP contribution in [0.2, 0.25) is 0 Å². The van der Waals surface area contributed by atoms with Crippen molar-refractivity contribution in [1.29, 1.82) is 0 Å². The largest absolute Gasteiger partial charge is 0.246 e. The molecular weight excluding hydrogens is 79.1 g/mol. The second-order valence-corrected chi connectivity index (χ2v) is 3.03. The van der Waals surface area contributed by atoms with Crippen molar-refractivity contribution >= 4 is 0 Å². The monoisotopic (exact) mass is 84.0 g/mol. The molecule has 0 aromatic heterocycles. The van der Waals surface area contributed by atoms with E-state index in [0.717, 1.165) is 0 Å². The molecule has 0 aromatic carbocycles. The van der Waals surface area contributed by atoms with Crippen molar-refractivity contribution in [3.8, 4) is 0 Å². The molecule has 0 amide bonds. The summed E-state index contributed by atoms with van der Waals surface area (Å²) in [6, 6.07) is 0. The van der Waals surface area contributed by atoms with Crippen molar-refractivity contribution in [1.82, 2.24) is 0 Å². The van der Waals surface area contributed by atoms with E-state index in [1.165, 1.54) is 12.8 Å². The van der Waals surface area contributed by atoms with E-state index < -0.39 is 0 Å². The first-order valence-corrected chi connectivity index (χ1v) is 2.46.